The first-order valence-electron chi connectivity index (χ1n) is 10.5. The Morgan fingerprint density at radius 2 is 1.62 bits per heavy atom. The van der Waals surface area contributed by atoms with Gasteiger partial charge < -0.3 is 15.0 Å². The smallest absolute Gasteiger partial charge is 0.258 e. The monoisotopic (exact) mass is 494 g/mol. The molecule has 3 aromatic rings. The first-order valence-corrected chi connectivity index (χ1v) is 11.3. The van der Waals surface area contributed by atoms with Gasteiger partial charge in [-0.05, 0) is 82.9 Å². The molecule has 6 heteroatoms. The largest absolute Gasteiger partial charge is 0.492 e. The molecule has 0 heterocycles. The average Bonchev–Trinajstić information content (AvgIpc) is 2.80. The van der Waals surface area contributed by atoms with E-state index in [0.29, 0.717) is 35.1 Å². The van der Waals surface area contributed by atoms with E-state index in [4.69, 9.17) is 4.74 Å². The second-order valence-electron chi connectivity index (χ2n) is 7.91. The van der Waals surface area contributed by atoms with E-state index < -0.39 is 0 Å². The zero-order chi connectivity index (χ0) is 23.1. The average molecular weight is 495 g/mol. The van der Waals surface area contributed by atoms with Gasteiger partial charge in [-0.1, -0.05) is 32.0 Å². The van der Waals surface area contributed by atoms with Crippen molar-refractivity contribution >= 4 is 39.1 Å². The second-order valence-corrected chi connectivity index (χ2v) is 8.76. The van der Waals surface area contributed by atoms with Gasteiger partial charge in [-0.2, -0.15) is 0 Å². The van der Waals surface area contributed by atoms with Crippen LogP contribution in [0.25, 0.3) is 0 Å². The molecule has 0 atom stereocenters. The molecule has 0 unspecified atom stereocenters. The zero-order valence-corrected chi connectivity index (χ0v) is 20.1. The lowest BCUT2D eigenvalue weighted by molar-refractivity contribution is 0.0991. The molecule has 0 spiro atoms. The van der Waals surface area contributed by atoms with Crippen LogP contribution in [0.1, 0.15) is 41.0 Å². The molecule has 1 N–H and O–H groups in total. The van der Waals surface area contributed by atoms with E-state index in [-0.39, 0.29) is 11.8 Å². The number of rotatable bonds is 8. The number of carbonyl (C=O) groups is 2. The Labute approximate surface area is 197 Å². The molecule has 0 radical (unpaired) electrons. The number of amides is 2. The lowest BCUT2D eigenvalue weighted by atomic mass is 10.1. The number of ether oxygens (including phenoxy) is 1. The molecule has 0 aliphatic heterocycles. The van der Waals surface area contributed by atoms with Gasteiger partial charge in [-0.3, -0.25) is 9.59 Å². The summed E-state index contributed by atoms with van der Waals surface area (Å²) in [7, 11) is 1.74. The number of anilines is 2. The van der Waals surface area contributed by atoms with Gasteiger partial charge in [0.15, 0.2) is 0 Å². The van der Waals surface area contributed by atoms with Gasteiger partial charge in [0.05, 0.1) is 11.1 Å². The van der Waals surface area contributed by atoms with Crippen molar-refractivity contribution in [1.82, 2.24) is 0 Å². The number of halogens is 1. The Balaban J connectivity index is 1.62. The number of nitrogens with one attached hydrogen (secondary N) is 1. The molecule has 5 nitrogen and oxygen atoms in total. The molecule has 0 saturated carbocycles. The molecule has 0 saturated heterocycles. The fraction of sp³-hybridized carbons (Fsp3) is 0.231. The summed E-state index contributed by atoms with van der Waals surface area (Å²) in [6, 6.07) is 21.6. The first kappa shape index (κ1) is 23.5. The fourth-order valence-electron chi connectivity index (χ4n) is 3.03. The van der Waals surface area contributed by atoms with Crippen LogP contribution in [-0.2, 0) is 0 Å². The van der Waals surface area contributed by atoms with Gasteiger partial charge in [0.1, 0.15) is 5.75 Å². The minimum atomic E-state index is -0.236. The Morgan fingerprint density at radius 3 is 2.25 bits per heavy atom. The topological polar surface area (TPSA) is 58.6 Å². The molecule has 0 aromatic heterocycles. The van der Waals surface area contributed by atoms with Crippen LogP contribution in [0, 0.1) is 5.92 Å². The molecule has 166 valence electrons. The summed E-state index contributed by atoms with van der Waals surface area (Å²) in [5.74, 6) is 0.929. The molecule has 0 aliphatic rings. The maximum atomic E-state index is 12.7. The van der Waals surface area contributed by atoms with Gasteiger partial charge in [-0.25, -0.2) is 0 Å². The van der Waals surface area contributed by atoms with Gasteiger partial charge in [0.25, 0.3) is 11.8 Å². The van der Waals surface area contributed by atoms with Crippen molar-refractivity contribution in [2.45, 2.75) is 20.3 Å². The summed E-state index contributed by atoms with van der Waals surface area (Å²) in [4.78, 5) is 26.9. The van der Waals surface area contributed by atoms with E-state index in [0.717, 1.165) is 16.6 Å². The number of nitrogens with zero attached hydrogens (tertiary/aromatic N) is 1. The van der Waals surface area contributed by atoms with Crippen molar-refractivity contribution in [3.05, 3.63) is 88.4 Å². The van der Waals surface area contributed by atoms with Gasteiger partial charge in [-0.15, -0.1) is 0 Å². The second kappa shape index (κ2) is 11.0. The lowest BCUT2D eigenvalue weighted by Gasteiger charge is -2.17. The molecule has 32 heavy (non-hydrogen) atoms. The number of hydrogen-bond acceptors (Lipinski definition) is 3. The van der Waals surface area contributed by atoms with E-state index in [2.05, 4.69) is 35.1 Å². The van der Waals surface area contributed by atoms with E-state index in [1.54, 1.807) is 54.4 Å². The molecule has 0 fully saturated rings. The number of para-hydroxylation sites is 1. The van der Waals surface area contributed by atoms with Crippen LogP contribution in [0.5, 0.6) is 5.75 Å². The van der Waals surface area contributed by atoms with Gasteiger partial charge >= 0.3 is 0 Å². The van der Waals surface area contributed by atoms with Crippen LogP contribution in [0.15, 0.2) is 77.3 Å². The summed E-state index contributed by atoms with van der Waals surface area (Å²) in [5.41, 5.74) is 2.48. The van der Waals surface area contributed by atoms with Crippen molar-refractivity contribution in [3.8, 4) is 5.75 Å². The quantitative estimate of drug-likeness (QED) is 0.393. The SMILES string of the molecule is CC(C)CCOc1ccc(C(=O)Nc2ccc(C(=O)N(C)c3ccccc3)cc2)cc1Br. The molecule has 2 amide bonds. The van der Waals surface area contributed by atoms with Crippen LogP contribution in [-0.4, -0.2) is 25.5 Å². The first-order chi connectivity index (χ1) is 15.3. The third kappa shape index (κ3) is 6.20. The summed E-state index contributed by atoms with van der Waals surface area (Å²) in [6.45, 7) is 4.93. The number of hydrogen-bond donors (Lipinski definition) is 1. The molecule has 3 rings (SSSR count). The molecule has 0 aliphatic carbocycles. The summed E-state index contributed by atoms with van der Waals surface area (Å²) >= 11 is 3.48. The third-order valence-corrected chi connectivity index (χ3v) is 5.60. The predicted molar refractivity (Wildman–Crippen MR) is 133 cm³/mol. The third-order valence-electron chi connectivity index (χ3n) is 4.98. The van der Waals surface area contributed by atoms with Crippen LogP contribution in [0.4, 0.5) is 11.4 Å². The Morgan fingerprint density at radius 1 is 0.969 bits per heavy atom. The highest BCUT2D eigenvalue weighted by Gasteiger charge is 2.14. The molecule has 3 aromatic carbocycles. The van der Waals surface area contributed by atoms with Gasteiger partial charge in [0.2, 0.25) is 0 Å². The van der Waals surface area contributed by atoms with Crippen molar-refractivity contribution in [2.24, 2.45) is 5.92 Å². The maximum Gasteiger partial charge on any atom is 0.258 e. The van der Waals surface area contributed by atoms with Crippen molar-refractivity contribution in [3.63, 3.8) is 0 Å². The van der Waals surface area contributed by atoms with Crippen LogP contribution >= 0.6 is 15.9 Å². The summed E-state index contributed by atoms with van der Waals surface area (Å²) in [5, 5.41) is 2.86. The Kier molecular flexibility index (Phi) is 8.06. The number of carbonyl (C=O) groups excluding carboxylic acids is 2. The van der Waals surface area contributed by atoms with Crippen molar-refractivity contribution in [1.29, 1.82) is 0 Å². The van der Waals surface area contributed by atoms with E-state index >= 15 is 0 Å². The van der Waals surface area contributed by atoms with Crippen molar-refractivity contribution in [2.75, 3.05) is 23.9 Å². The van der Waals surface area contributed by atoms with E-state index in [1.165, 1.54) is 0 Å². The van der Waals surface area contributed by atoms with Crippen molar-refractivity contribution < 1.29 is 14.3 Å². The Hall–Kier alpha value is -3.12. The van der Waals surface area contributed by atoms with E-state index in [1.807, 2.05) is 30.3 Å². The minimum Gasteiger partial charge on any atom is -0.492 e. The van der Waals surface area contributed by atoms with Crippen LogP contribution < -0.4 is 15.0 Å². The standard InChI is InChI=1S/C26H27BrN2O3/c1-18(2)15-16-32-24-14-11-20(17-23(24)27)25(30)28-21-12-9-19(10-13-21)26(31)29(3)22-7-5-4-6-8-22/h4-14,17-18H,15-16H2,1-3H3,(H,28,30). The minimum absolute atomic E-state index is 0.119. The highest BCUT2D eigenvalue weighted by Crippen LogP contribution is 2.27. The normalized spacial score (nSPS) is 10.7. The zero-order valence-electron chi connectivity index (χ0n) is 18.5. The summed E-state index contributed by atoms with van der Waals surface area (Å²) < 4.78 is 6.51. The lowest BCUT2D eigenvalue weighted by Crippen LogP contribution is -2.26. The number of benzene rings is 3. The van der Waals surface area contributed by atoms with Crippen LogP contribution in [0.3, 0.4) is 0 Å². The van der Waals surface area contributed by atoms with E-state index in [9.17, 15) is 9.59 Å². The molecular weight excluding hydrogens is 468 g/mol. The highest BCUT2D eigenvalue weighted by atomic mass is 79.9. The van der Waals surface area contributed by atoms with Crippen LogP contribution in [0.2, 0.25) is 0 Å². The Bertz CT molecular complexity index is 1070. The predicted octanol–water partition coefficient (Wildman–Crippen LogP) is 6.40. The van der Waals surface area contributed by atoms with Gasteiger partial charge in [0, 0.05) is 29.5 Å². The highest BCUT2D eigenvalue weighted by molar-refractivity contribution is 9.10. The fourth-order valence-corrected chi connectivity index (χ4v) is 3.52. The molecular formula is C26H27BrN2O3. The summed E-state index contributed by atoms with van der Waals surface area (Å²) in [6.07, 6.45) is 0.967. The maximum absolute atomic E-state index is 12.7. The molecule has 0 bridgehead atoms.